The molecule has 0 saturated carbocycles. The molecule has 0 aliphatic carbocycles. The van der Waals surface area contributed by atoms with E-state index < -0.39 is 6.04 Å². The molecule has 2 heterocycles. The third-order valence-electron chi connectivity index (χ3n) is 4.44. The third kappa shape index (κ3) is 5.69. The number of hydrogen-bond acceptors (Lipinski definition) is 6. The topological polar surface area (TPSA) is 94.5 Å². The van der Waals surface area contributed by atoms with Gasteiger partial charge in [0, 0.05) is 38.6 Å². The molecule has 0 aromatic carbocycles. The highest BCUT2D eigenvalue weighted by molar-refractivity contribution is 5.85. The van der Waals surface area contributed by atoms with E-state index in [0.29, 0.717) is 13.2 Å². The molecule has 1 aromatic rings. The lowest BCUT2D eigenvalue weighted by atomic mass is 9.86. The quantitative estimate of drug-likeness (QED) is 0.672. The van der Waals surface area contributed by atoms with Crippen LogP contribution in [0.2, 0.25) is 0 Å². The lowest BCUT2D eigenvalue weighted by Gasteiger charge is -2.29. The van der Waals surface area contributed by atoms with Crippen molar-refractivity contribution in [2.24, 2.45) is 18.9 Å². The minimum Gasteiger partial charge on any atom is -0.469 e. The van der Waals surface area contributed by atoms with Gasteiger partial charge in [-0.15, -0.1) is 12.4 Å². The number of aryl methyl sites for hydroxylation is 1. The van der Waals surface area contributed by atoms with Gasteiger partial charge in [0.05, 0.1) is 19.2 Å². The number of carbonyl (C=O) groups excluding carboxylic acids is 2. The molecule has 8 nitrogen and oxygen atoms in total. The summed E-state index contributed by atoms with van der Waals surface area (Å²) in [4.78, 5) is 24.6. The Bertz CT molecular complexity index is 560. The van der Waals surface area contributed by atoms with Crippen LogP contribution < -0.4 is 10.6 Å². The molecule has 1 fully saturated rings. The fourth-order valence-corrected chi connectivity index (χ4v) is 3.06. The van der Waals surface area contributed by atoms with Gasteiger partial charge in [-0.25, -0.2) is 0 Å². The summed E-state index contributed by atoms with van der Waals surface area (Å²) in [5.74, 6) is -0.664. The molecule has 142 valence electrons. The van der Waals surface area contributed by atoms with E-state index in [4.69, 9.17) is 9.47 Å². The van der Waals surface area contributed by atoms with E-state index in [0.717, 1.165) is 18.4 Å². The van der Waals surface area contributed by atoms with Crippen LogP contribution in [0.4, 0.5) is 0 Å². The van der Waals surface area contributed by atoms with E-state index in [1.165, 1.54) is 7.11 Å². The summed E-state index contributed by atoms with van der Waals surface area (Å²) in [5, 5.41) is 9.94. The van der Waals surface area contributed by atoms with E-state index in [-0.39, 0.29) is 42.7 Å². The average molecular weight is 375 g/mol. The van der Waals surface area contributed by atoms with Gasteiger partial charge in [-0.05, 0) is 25.8 Å². The molecule has 0 spiro atoms. The number of aromatic nitrogens is 2. The first-order valence-electron chi connectivity index (χ1n) is 8.16. The van der Waals surface area contributed by atoms with E-state index in [1.807, 2.05) is 0 Å². The van der Waals surface area contributed by atoms with Crippen LogP contribution in [0.1, 0.15) is 24.4 Å². The molecule has 1 aromatic heterocycles. The van der Waals surface area contributed by atoms with Gasteiger partial charge in [0.25, 0.3) is 0 Å². The minimum absolute atomic E-state index is 0. The molecule has 2 atom stereocenters. The Hall–Kier alpha value is -1.64. The van der Waals surface area contributed by atoms with Crippen molar-refractivity contribution in [2.45, 2.75) is 18.9 Å². The summed E-state index contributed by atoms with van der Waals surface area (Å²) in [6.45, 7) is 1.54. The van der Waals surface area contributed by atoms with Crippen LogP contribution in [0, 0.1) is 11.8 Å². The number of nitrogens with zero attached hydrogens (tertiary/aromatic N) is 2. The molecule has 1 aliphatic heterocycles. The molecule has 9 heteroatoms. The second-order valence-corrected chi connectivity index (χ2v) is 5.99. The van der Waals surface area contributed by atoms with Crippen molar-refractivity contribution in [2.75, 3.05) is 33.9 Å². The van der Waals surface area contributed by atoms with Gasteiger partial charge < -0.3 is 20.1 Å². The van der Waals surface area contributed by atoms with Crippen molar-refractivity contribution in [3.63, 3.8) is 0 Å². The highest BCUT2D eigenvalue weighted by Crippen LogP contribution is 2.24. The maximum Gasteiger partial charge on any atom is 0.310 e. The predicted octanol–water partition coefficient (Wildman–Crippen LogP) is 0.434. The summed E-state index contributed by atoms with van der Waals surface area (Å²) in [6, 6.07) is -0.508. The first-order valence-corrected chi connectivity index (χ1v) is 8.16. The van der Waals surface area contributed by atoms with Crippen molar-refractivity contribution in [3.05, 3.63) is 18.0 Å². The first kappa shape index (κ1) is 21.4. The van der Waals surface area contributed by atoms with Crippen molar-refractivity contribution in [1.82, 2.24) is 20.4 Å². The van der Waals surface area contributed by atoms with Crippen LogP contribution in [-0.2, 0) is 26.1 Å². The second kappa shape index (κ2) is 10.4. The van der Waals surface area contributed by atoms with Gasteiger partial charge in [-0.1, -0.05) is 0 Å². The molecule has 1 amide bonds. The molecule has 0 radical (unpaired) electrons. The average Bonchev–Trinajstić information content (AvgIpc) is 3.02. The number of hydrogen-bond donors (Lipinski definition) is 2. The number of nitrogens with one attached hydrogen (secondary N) is 2. The van der Waals surface area contributed by atoms with Crippen LogP contribution >= 0.6 is 12.4 Å². The van der Waals surface area contributed by atoms with Crippen LogP contribution in [0.5, 0.6) is 0 Å². The fourth-order valence-electron chi connectivity index (χ4n) is 3.06. The van der Waals surface area contributed by atoms with Gasteiger partial charge in [0.1, 0.15) is 6.04 Å². The molecule has 0 bridgehead atoms. The lowest BCUT2D eigenvalue weighted by molar-refractivity contribution is -0.148. The van der Waals surface area contributed by atoms with Gasteiger partial charge in [0.15, 0.2) is 0 Å². The zero-order valence-electron chi connectivity index (χ0n) is 14.9. The molecular weight excluding hydrogens is 348 g/mol. The van der Waals surface area contributed by atoms with Crippen LogP contribution in [0.3, 0.4) is 0 Å². The zero-order chi connectivity index (χ0) is 17.5. The summed E-state index contributed by atoms with van der Waals surface area (Å²) in [6.07, 6.45) is 5.04. The normalized spacial score (nSPS) is 17.2. The molecule has 2 N–H and O–H groups in total. The fraction of sp³-hybridized carbons (Fsp3) is 0.688. The molecule has 2 unspecified atom stereocenters. The Morgan fingerprint density at radius 1 is 1.44 bits per heavy atom. The summed E-state index contributed by atoms with van der Waals surface area (Å²) >= 11 is 0. The van der Waals surface area contributed by atoms with Crippen molar-refractivity contribution in [1.29, 1.82) is 0 Å². The number of likely N-dealkylation sites (N-methyl/N-ethyl adjacent to an activating group) is 1. The Labute approximate surface area is 154 Å². The van der Waals surface area contributed by atoms with Crippen LogP contribution in [0.15, 0.2) is 12.4 Å². The number of rotatable bonds is 7. The molecular formula is C16H27ClN4O4. The summed E-state index contributed by atoms with van der Waals surface area (Å²) in [5.41, 5.74) is 0.776. The van der Waals surface area contributed by atoms with E-state index in [1.54, 1.807) is 31.2 Å². The Morgan fingerprint density at radius 2 is 2.12 bits per heavy atom. The third-order valence-corrected chi connectivity index (χ3v) is 4.44. The highest BCUT2D eigenvalue weighted by atomic mass is 35.5. The van der Waals surface area contributed by atoms with Gasteiger partial charge >= 0.3 is 5.97 Å². The largest absolute Gasteiger partial charge is 0.469 e. The molecule has 25 heavy (non-hydrogen) atoms. The van der Waals surface area contributed by atoms with Crippen molar-refractivity contribution in [3.8, 4) is 0 Å². The number of amides is 1. The monoisotopic (exact) mass is 374 g/mol. The number of halogens is 1. The summed E-state index contributed by atoms with van der Waals surface area (Å²) < 4.78 is 11.9. The number of ether oxygens (including phenoxy) is 2. The molecule has 2 rings (SSSR count). The van der Waals surface area contributed by atoms with E-state index in [2.05, 4.69) is 15.7 Å². The zero-order valence-corrected chi connectivity index (χ0v) is 15.7. The van der Waals surface area contributed by atoms with Gasteiger partial charge in [0.2, 0.25) is 5.91 Å². The van der Waals surface area contributed by atoms with Crippen LogP contribution in [0.25, 0.3) is 0 Å². The van der Waals surface area contributed by atoms with Gasteiger partial charge in [-0.2, -0.15) is 5.10 Å². The standard InChI is InChI=1S/C16H26N4O4.ClH/c1-17-14(12-8-19-20(2)10-12)15(21)18-9-13(16(22)23-3)11-4-6-24-7-5-11;/h8,10-11,13-14,17H,4-7,9H2,1-3H3,(H,18,21);1H. The van der Waals surface area contributed by atoms with Crippen molar-refractivity contribution < 1.29 is 19.1 Å². The summed E-state index contributed by atoms with van der Waals surface area (Å²) in [7, 11) is 4.89. The SMILES string of the molecule is CNC(C(=O)NCC(C(=O)OC)C1CCOCC1)c1cnn(C)c1.Cl. The Kier molecular flexibility index (Phi) is 8.88. The maximum atomic E-state index is 12.5. The second-order valence-electron chi connectivity index (χ2n) is 5.99. The Morgan fingerprint density at radius 3 is 2.64 bits per heavy atom. The van der Waals surface area contributed by atoms with Gasteiger partial charge in [-0.3, -0.25) is 14.3 Å². The highest BCUT2D eigenvalue weighted by Gasteiger charge is 2.32. The maximum absolute atomic E-state index is 12.5. The van der Waals surface area contributed by atoms with Crippen molar-refractivity contribution >= 4 is 24.3 Å². The Balaban J connectivity index is 0.00000312. The lowest BCUT2D eigenvalue weighted by Crippen LogP contribution is -2.43. The molecule has 1 saturated heterocycles. The van der Waals surface area contributed by atoms with E-state index >= 15 is 0 Å². The first-order chi connectivity index (χ1) is 11.6. The van der Waals surface area contributed by atoms with E-state index in [9.17, 15) is 9.59 Å². The smallest absolute Gasteiger partial charge is 0.310 e. The van der Waals surface area contributed by atoms with Crippen LogP contribution in [-0.4, -0.2) is 55.6 Å². The molecule has 1 aliphatic rings. The minimum atomic E-state index is -0.508. The number of methoxy groups -OCH3 is 1. The predicted molar refractivity (Wildman–Crippen MR) is 94.3 cm³/mol. The number of carbonyl (C=O) groups is 2. The number of esters is 1.